The lowest BCUT2D eigenvalue weighted by Crippen LogP contribution is -2.43. The van der Waals surface area contributed by atoms with Gasteiger partial charge in [-0.1, -0.05) is 60.5 Å². The molecule has 4 atom stereocenters. The zero-order chi connectivity index (χ0) is 28.8. The fraction of sp³-hybridized carbons (Fsp3) is 0.655. The smallest absolute Gasteiger partial charge is 0.323 e. The number of carbonyl (C=O) groups excluding carboxylic acids is 4. The number of hydrogen-bond acceptors (Lipinski definition) is 9. The number of methoxy groups -OCH3 is 1. The van der Waals surface area contributed by atoms with E-state index in [0.29, 0.717) is 18.4 Å². The third kappa shape index (κ3) is 11.2. The van der Waals surface area contributed by atoms with E-state index in [1.807, 2.05) is 13.8 Å². The maximum absolute atomic E-state index is 12.7. The molecule has 0 fully saturated rings. The van der Waals surface area contributed by atoms with Crippen molar-refractivity contribution in [2.75, 3.05) is 13.7 Å². The summed E-state index contributed by atoms with van der Waals surface area (Å²) in [5.74, 6) is -2.27. The minimum Gasteiger partial charge on any atom is -0.468 e. The molecule has 0 saturated heterocycles. The maximum Gasteiger partial charge on any atom is 0.323 e. The summed E-state index contributed by atoms with van der Waals surface area (Å²) in [6, 6.07) is 4.13. The van der Waals surface area contributed by atoms with Gasteiger partial charge in [-0.05, 0) is 43.9 Å². The molecule has 0 radical (unpaired) electrons. The van der Waals surface area contributed by atoms with Crippen LogP contribution in [0, 0.1) is 17.8 Å². The maximum atomic E-state index is 12.7. The highest BCUT2D eigenvalue weighted by atomic mass is 16.6. The van der Waals surface area contributed by atoms with Gasteiger partial charge in [0.25, 0.3) is 0 Å². The van der Waals surface area contributed by atoms with Gasteiger partial charge in [-0.25, -0.2) is 0 Å². The second-order valence-electron chi connectivity index (χ2n) is 10.1. The zero-order valence-electron chi connectivity index (χ0n) is 24.1. The molecule has 0 bridgehead atoms. The molecule has 3 unspecified atom stereocenters. The van der Waals surface area contributed by atoms with Gasteiger partial charge in [0.2, 0.25) is 0 Å². The quantitative estimate of drug-likeness (QED) is 0.239. The van der Waals surface area contributed by atoms with Crippen LogP contribution in [0.1, 0.15) is 79.7 Å². The first-order valence-corrected chi connectivity index (χ1v) is 13.5. The van der Waals surface area contributed by atoms with E-state index in [0.717, 1.165) is 12.8 Å². The minimum atomic E-state index is -0.749. The molecular formula is C29H45NO8. The van der Waals surface area contributed by atoms with Crippen molar-refractivity contribution in [2.45, 2.75) is 92.7 Å². The van der Waals surface area contributed by atoms with E-state index in [-0.39, 0.29) is 48.2 Å². The second kappa shape index (κ2) is 16.8. The molecule has 0 amide bonds. The summed E-state index contributed by atoms with van der Waals surface area (Å²) in [7, 11) is 1.29. The molecule has 0 saturated carbocycles. The molecule has 1 aromatic rings. The van der Waals surface area contributed by atoms with Crippen LogP contribution in [0.4, 0.5) is 0 Å². The van der Waals surface area contributed by atoms with E-state index < -0.39 is 30.1 Å². The Morgan fingerprint density at radius 3 is 1.84 bits per heavy atom. The second-order valence-corrected chi connectivity index (χ2v) is 10.1. The van der Waals surface area contributed by atoms with Crippen molar-refractivity contribution in [3.63, 3.8) is 0 Å². The monoisotopic (exact) mass is 535 g/mol. The number of carbonyl (C=O) groups is 4. The van der Waals surface area contributed by atoms with E-state index in [2.05, 4.69) is 5.32 Å². The van der Waals surface area contributed by atoms with Gasteiger partial charge in [0, 0.05) is 6.54 Å². The number of nitrogens with one attached hydrogen (secondary N) is 1. The molecule has 0 aromatic heterocycles. The van der Waals surface area contributed by atoms with Crippen molar-refractivity contribution in [1.82, 2.24) is 5.32 Å². The first-order valence-electron chi connectivity index (χ1n) is 13.5. The van der Waals surface area contributed by atoms with Crippen LogP contribution in [0.5, 0.6) is 11.5 Å². The molecule has 0 heterocycles. The van der Waals surface area contributed by atoms with E-state index in [1.54, 1.807) is 52.8 Å². The van der Waals surface area contributed by atoms with Crippen molar-refractivity contribution in [3.8, 4) is 11.5 Å². The molecule has 1 N–H and O–H groups in total. The van der Waals surface area contributed by atoms with E-state index in [9.17, 15) is 19.2 Å². The summed E-state index contributed by atoms with van der Waals surface area (Å²) in [6.45, 7) is 13.0. The molecule has 0 spiro atoms. The van der Waals surface area contributed by atoms with Crippen LogP contribution in [-0.4, -0.2) is 49.7 Å². The Kier molecular flexibility index (Phi) is 14.6. The highest BCUT2D eigenvalue weighted by Crippen LogP contribution is 2.31. The first kappa shape index (κ1) is 33.1. The Hall–Kier alpha value is -2.94. The Morgan fingerprint density at radius 1 is 0.789 bits per heavy atom. The average Bonchev–Trinajstić information content (AvgIpc) is 2.87. The van der Waals surface area contributed by atoms with Crippen molar-refractivity contribution in [1.29, 1.82) is 0 Å². The lowest BCUT2D eigenvalue weighted by molar-refractivity contribution is -0.152. The molecule has 1 rings (SSSR count). The van der Waals surface area contributed by atoms with Crippen molar-refractivity contribution in [3.05, 3.63) is 23.8 Å². The highest BCUT2D eigenvalue weighted by molar-refractivity contribution is 5.79. The summed E-state index contributed by atoms with van der Waals surface area (Å²) in [5.41, 5.74) is 0.659. The van der Waals surface area contributed by atoms with Gasteiger partial charge in [-0.15, -0.1) is 0 Å². The third-order valence-electron chi connectivity index (χ3n) is 6.04. The summed E-state index contributed by atoms with van der Waals surface area (Å²) in [6.07, 6.45) is 2.74. The van der Waals surface area contributed by atoms with Crippen molar-refractivity contribution >= 4 is 23.9 Å². The fourth-order valence-corrected chi connectivity index (χ4v) is 3.66. The van der Waals surface area contributed by atoms with E-state index >= 15 is 0 Å². The first-order chi connectivity index (χ1) is 17.9. The standard InChI is InChI=1S/C29H45NO8/c1-9-11-19(5)27(32)37-24-14-13-22(16-25(24)38-28(33)20(6)12-10-2)15-23(29(34)35-8)30-17-21(7)36-26(31)18(3)4/h13-14,16,18-21,23,30H,9-12,15,17H2,1-8H3/t19?,20?,21?,23-/m0/s1. The fourth-order valence-electron chi connectivity index (χ4n) is 3.66. The minimum absolute atomic E-state index is 0.121. The largest absolute Gasteiger partial charge is 0.468 e. The Bertz CT molecular complexity index is 929. The summed E-state index contributed by atoms with van der Waals surface area (Å²) < 4.78 is 21.6. The predicted molar refractivity (Wildman–Crippen MR) is 144 cm³/mol. The van der Waals surface area contributed by atoms with Crippen LogP contribution in [-0.2, 0) is 35.1 Å². The van der Waals surface area contributed by atoms with E-state index in [1.165, 1.54) is 7.11 Å². The normalized spacial score (nSPS) is 14.2. The molecule has 0 aliphatic carbocycles. The van der Waals surface area contributed by atoms with Crippen LogP contribution in [0.3, 0.4) is 0 Å². The molecule has 9 nitrogen and oxygen atoms in total. The SMILES string of the molecule is CCCC(C)C(=O)Oc1ccc(C[C@H](NCC(C)OC(=O)C(C)C)C(=O)OC)cc1OC(=O)C(C)CCC. The Labute approximate surface area is 226 Å². The molecule has 1 aromatic carbocycles. The molecular weight excluding hydrogens is 490 g/mol. The van der Waals surface area contributed by atoms with Crippen LogP contribution < -0.4 is 14.8 Å². The Morgan fingerprint density at radius 2 is 1.34 bits per heavy atom. The lowest BCUT2D eigenvalue weighted by Gasteiger charge is -2.21. The van der Waals surface area contributed by atoms with Gasteiger partial charge in [-0.2, -0.15) is 0 Å². The van der Waals surface area contributed by atoms with Gasteiger partial charge >= 0.3 is 23.9 Å². The van der Waals surface area contributed by atoms with Crippen LogP contribution in [0.25, 0.3) is 0 Å². The van der Waals surface area contributed by atoms with E-state index in [4.69, 9.17) is 18.9 Å². The molecule has 9 heteroatoms. The number of esters is 4. The van der Waals surface area contributed by atoms with Gasteiger partial charge in [0.1, 0.15) is 12.1 Å². The number of benzene rings is 1. The van der Waals surface area contributed by atoms with Crippen molar-refractivity contribution in [2.24, 2.45) is 17.8 Å². The van der Waals surface area contributed by atoms with Gasteiger partial charge in [0.05, 0.1) is 24.9 Å². The number of rotatable bonds is 16. The number of ether oxygens (including phenoxy) is 4. The molecule has 38 heavy (non-hydrogen) atoms. The highest BCUT2D eigenvalue weighted by Gasteiger charge is 2.24. The van der Waals surface area contributed by atoms with Crippen LogP contribution in [0.15, 0.2) is 18.2 Å². The lowest BCUT2D eigenvalue weighted by atomic mass is 10.0. The molecule has 0 aliphatic heterocycles. The van der Waals surface area contributed by atoms with Gasteiger partial charge in [0.15, 0.2) is 11.5 Å². The van der Waals surface area contributed by atoms with Crippen LogP contribution >= 0.6 is 0 Å². The van der Waals surface area contributed by atoms with Crippen molar-refractivity contribution < 1.29 is 38.1 Å². The predicted octanol–water partition coefficient (Wildman–Crippen LogP) is 4.63. The van der Waals surface area contributed by atoms with Gasteiger partial charge < -0.3 is 24.3 Å². The van der Waals surface area contributed by atoms with Crippen LogP contribution in [0.2, 0.25) is 0 Å². The number of hydrogen-bond donors (Lipinski definition) is 1. The molecule has 0 aliphatic rings. The average molecular weight is 536 g/mol. The topological polar surface area (TPSA) is 117 Å². The summed E-state index contributed by atoms with van der Waals surface area (Å²) >= 11 is 0. The van der Waals surface area contributed by atoms with Gasteiger partial charge in [-0.3, -0.25) is 19.2 Å². The zero-order valence-corrected chi connectivity index (χ0v) is 24.1. The molecule has 214 valence electrons. The summed E-state index contributed by atoms with van der Waals surface area (Å²) in [5, 5.41) is 3.09. The summed E-state index contributed by atoms with van der Waals surface area (Å²) in [4.78, 5) is 49.6. The Balaban J connectivity index is 3.15. The third-order valence-corrected chi connectivity index (χ3v) is 6.04.